The lowest BCUT2D eigenvalue weighted by molar-refractivity contribution is 0.186. The molecule has 5 heteroatoms. The van der Waals surface area contributed by atoms with Crippen molar-refractivity contribution in [3.05, 3.63) is 30.3 Å². The van der Waals surface area contributed by atoms with Crippen LogP contribution in [0.1, 0.15) is 0 Å². The van der Waals surface area contributed by atoms with Gasteiger partial charge in [-0.1, -0.05) is 30.3 Å². The number of hydrogen-bond acceptors (Lipinski definition) is 4. The van der Waals surface area contributed by atoms with Crippen molar-refractivity contribution in [1.82, 2.24) is 0 Å². The van der Waals surface area contributed by atoms with Crippen LogP contribution in [0.4, 0.5) is 0 Å². The Morgan fingerprint density at radius 1 is 0.923 bits per heavy atom. The molecule has 1 rings (SSSR count). The standard InChI is InChI=1S/C6H7BO2.C2H6O2/c8-7(9)6-4-2-1-3-5-6;3-1-2-4/h1-5,8-9H;3-4H,1-2H2. The van der Waals surface area contributed by atoms with Crippen molar-refractivity contribution < 1.29 is 20.3 Å². The lowest BCUT2D eigenvalue weighted by Gasteiger charge is -1.94. The zero-order valence-electron chi connectivity index (χ0n) is 7.17. The van der Waals surface area contributed by atoms with E-state index >= 15 is 0 Å². The first-order valence-electron chi connectivity index (χ1n) is 3.85. The Labute approximate surface area is 77.2 Å². The number of hydrogen-bond donors (Lipinski definition) is 4. The number of rotatable bonds is 2. The summed E-state index contributed by atoms with van der Waals surface area (Å²) in [6, 6.07) is 8.66. The van der Waals surface area contributed by atoms with E-state index in [1.54, 1.807) is 24.3 Å². The quantitative estimate of drug-likeness (QED) is 0.414. The van der Waals surface area contributed by atoms with Gasteiger partial charge in [-0.05, 0) is 5.46 Å². The smallest absolute Gasteiger partial charge is 0.423 e. The highest BCUT2D eigenvalue weighted by molar-refractivity contribution is 6.58. The second kappa shape index (κ2) is 7.76. The van der Waals surface area contributed by atoms with E-state index in [4.69, 9.17) is 20.3 Å². The van der Waals surface area contributed by atoms with Gasteiger partial charge in [0.2, 0.25) is 0 Å². The molecule has 0 spiro atoms. The van der Waals surface area contributed by atoms with Gasteiger partial charge in [0.25, 0.3) is 0 Å². The molecule has 0 atom stereocenters. The van der Waals surface area contributed by atoms with Crippen LogP contribution in [0.25, 0.3) is 0 Å². The van der Waals surface area contributed by atoms with E-state index in [-0.39, 0.29) is 13.2 Å². The fourth-order valence-electron chi connectivity index (χ4n) is 0.625. The summed E-state index contributed by atoms with van der Waals surface area (Å²) in [5.74, 6) is 0. The van der Waals surface area contributed by atoms with Crippen molar-refractivity contribution in [3.63, 3.8) is 0 Å². The number of benzene rings is 1. The molecular weight excluding hydrogens is 171 g/mol. The van der Waals surface area contributed by atoms with Crippen LogP contribution >= 0.6 is 0 Å². The molecule has 0 saturated carbocycles. The Kier molecular flexibility index (Phi) is 7.24. The molecule has 0 aliphatic carbocycles. The first-order chi connectivity index (χ1) is 6.22. The highest BCUT2D eigenvalue weighted by atomic mass is 16.4. The zero-order valence-corrected chi connectivity index (χ0v) is 7.17. The van der Waals surface area contributed by atoms with Gasteiger partial charge in [0.15, 0.2) is 0 Å². The highest BCUT2D eigenvalue weighted by Crippen LogP contribution is 1.82. The van der Waals surface area contributed by atoms with Crippen molar-refractivity contribution in [2.24, 2.45) is 0 Å². The van der Waals surface area contributed by atoms with E-state index in [0.29, 0.717) is 5.46 Å². The molecule has 0 saturated heterocycles. The summed E-state index contributed by atoms with van der Waals surface area (Å²) in [6.45, 7) is -0.250. The topological polar surface area (TPSA) is 80.9 Å². The molecule has 1 aromatic carbocycles. The minimum Gasteiger partial charge on any atom is -0.423 e. The van der Waals surface area contributed by atoms with E-state index < -0.39 is 7.12 Å². The van der Waals surface area contributed by atoms with Gasteiger partial charge in [0.05, 0.1) is 13.2 Å². The summed E-state index contributed by atoms with van der Waals surface area (Å²) in [7, 11) is -1.34. The van der Waals surface area contributed by atoms with Crippen LogP contribution in [-0.2, 0) is 0 Å². The molecule has 0 aliphatic heterocycles. The predicted octanol–water partition coefficient (Wildman–Crippen LogP) is -1.66. The average molecular weight is 184 g/mol. The summed E-state index contributed by atoms with van der Waals surface area (Å²) < 4.78 is 0. The van der Waals surface area contributed by atoms with E-state index in [2.05, 4.69) is 0 Å². The van der Waals surface area contributed by atoms with E-state index in [1.807, 2.05) is 6.07 Å². The Balaban J connectivity index is 0.000000310. The Hall–Kier alpha value is -0.875. The molecule has 0 aromatic heterocycles. The second-order valence-electron chi connectivity index (χ2n) is 2.23. The SMILES string of the molecule is OB(O)c1ccccc1.OCCO. The van der Waals surface area contributed by atoms with Crippen LogP contribution in [0.3, 0.4) is 0 Å². The lowest BCUT2D eigenvalue weighted by atomic mass is 9.81. The second-order valence-corrected chi connectivity index (χ2v) is 2.23. The molecule has 1 aromatic rings. The largest absolute Gasteiger partial charge is 0.488 e. The average Bonchev–Trinajstić information content (AvgIpc) is 2.19. The van der Waals surface area contributed by atoms with Crippen molar-refractivity contribution in [2.45, 2.75) is 0 Å². The van der Waals surface area contributed by atoms with Crippen LogP contribution in [0.5, 0.6) is 0 Å². The van der Waals surface area contributed by atoms with Crippen molar-refractivity contribution in [1.29, 1.82) is 0 Å². The van der Waals surface area contributed by atoms with Gasteiger partial charge in [-0.25, -0.2) is 0 Å². The first kappa shape index (κ1) is 12.1. The molecule has 0 fully saturated rings. The summed E-state index contributed by atoms with van der Waals surface area (Å²) in [6.07, 6.45) is 0. The first-order valence-corrected chi connectivity index (χ1v) is 3.85. The molecule has 4 N–H and O–H groups in total. The fraction of sp³-hybridized carbons (Fsp3) is 0.250. The van der Waals surface area contributed by atoms with Gasteiger partial charge in [-0.2, -0.15) is 0 Å². The van der Waals surface area contributed by atoms with Crippen LogP contribution in [0.2, 0.25) is 0 Å². The molecule has 72 valence electrons. The van der Waals surface area contributed by atoms with Crippen LogP contribution in [-0.4, -0.2) is 40.6 Å². The van der Waals surface area contributed by atoms with E-state index in [1.165, 1.54) is 0 Å². The van der Waals surface area contributed by atoms with Crippen molar-refractivity contribution in [3.8, 4) is 0 Å². The lowest BCUT2D eigenvalue weighted by Crippen LogP contribution is -2.29. The van der Waals surface area contributed by atoms with Crippen molar-refractivity contribution >= 4 is 12.6 Å². The summed E-state index contributed by atoms with van der Waals surface area (Å²) in [5.41, 5.74) is 0.525. The third-order valence-corrected chi connectivity index (χ3v) is 1.20. The minimum atomic E-state index is -1.34. The van der Waals surface area contributed by atoms with E-state index in [9.17, 15) is 0 Å². The van der Waals surface area contributed by atoms with Gasteiger partial charge in [0, 0.05) is 0 Å². The summed E-state index contributed by atoms with van der Waals surface area (Å²) >= 11 is 0. The van der Waals surface area contributed by atoms with Gasteiger partial charge < -0.3 is 20.3 Å². The maximum Gasteiger partial charge on any atom is 0.488 e. The normalized spacial score (nSPS) is 8.62. The Bertz CT molecular complexity index is 201. The molecule has 13 heavy (non-hydrogen) atoms. The third-order valence-electron chi connectivity index (χ3n) is 1.20. The molecular formula is C8H13BO4. The zero-order chi connectivity index (χ0) is 10.1. The number of aliphatic hydroxyl groups excluding tert-OH is 2. The van der Waals surface area contributed by atoms with Crippen LogP contribution < -0.4 is 5.46 Å². The summed E-state index contributed by atoms with van der Waals surface area (Å²) in [4.78, 5) is 0. The third kappa shape index (κ3) is 6.30. The number of aliphatic hydroxyl groups is 2. The molecule has 0 aliphatic rings. The molecule has 0 heterocycles. The van der Waals surface area contributed by atoms with Gasteiger partial charge in [0.1, 0.15) is 0 Å². The Morgan fingerprint density at radius 2 is 1.38 bits per heavy atom. The van der Waals surface area contributed by atoms with Gasteiger partial charge >= 0.3 is 7.12 Å². The molecule has 0 unspecified atom stereocenters. The van der Waals surface area contributed by atoms with E-state index in [0.717, 1.165) is 0 Å². The highest BCUT2D eigenvalue weighted by Gasteiger charge is 2.07. The predicted molar refractivity (Wildman–Crippen MR) is 50.4 cm³/mol. The Morgan fingerprint density at radius 3 is 1.62 bits per heavy atom. The molecule has 0 radical (unpaired) electrons. The van der Waals surface area contributed by atoms with Gasteiger partial charge in [-0.3, -0.25) is 0 Å². The monoisotopic (exact) mass is 184 g/mol. The molecule has 4 nitrogen and oxygen atoms in total. The maximum absolute atomic E-state index is 8.58. The maximum atomic E-state index is 8.58. The molecule has 0 bridgehead atoms. The molecule has 0 amide bonds. The summed E-state index contributed by atoms with van der Waals surface area (Å²) in [5, 5.41) is 32.4. The van der Waals surface area contributed by atoms with Crippen LogP contribution in [0.15, 0.2) is 30.3 Å². The van der Waals surface area contributed by atoms with Gasteiger partial charge in [-0.15, -0.1) is 0 Å². The minimum absolute atomic E-state index is 0.125. The van der Waals surface area contributed by atoms with Crippen molar-refractivity contribution in [2.75, 3.05) is 13.2 Å². The van der Waals surface area contributed by atoms with Crippen LogP contribution in [0, 0.1) is 0 Å². The fourth-order valence-corrected chi connectivity index (χ4v) is 0.625.